The second kappa shape index (κ2) is 6.50. The molecule has 2 heteroatoms. The lowest BCUT2D eigenvalue weighted by molar-refractivity contribution is -0.0819. The predicted octanol–water partition coefficient (Wildman–Crippen LogP) is 4.00. The molecular weight excluding hydrogens is 258 g/mol. The zero-order valence-electron chi connectivity index (χ0n) is 13.6. The molecule has 1 aliphatic heterocycles. The predicted molar refractivity (Wildman–Crippen MR) is 87.8 cm³/mol. The SMILES string of the molecule is CCOC1(CC)CCN(CC2CCc3ccccc32)CC1. The monoisotopic (exact) mass is 287 g/mol. The van der Waals surface area contributed by atoms with Crippen molar-refractivity contribution in [3.05, 3.63) is 35.4 Å². The molecule has 3 rings (SSSR count). The van der Waals surface area contributed by atoms with E-state index < -0.39 is 0 Å². The van der Waals surface area contributed by atoms with Gasteiger partial charge in [-0.3, -0.25) is 0 Å². The first-order valence-electron chi connectivity index (χ1n) is 8.70. The third-order valence-corrected chi connectivity index (χ3v) is 5.60. The zero-order chi connectivity index (χ0) is 14.7. The van der Waals surface area contributed by atoms with Crippen LogP contribution in [-0.2, 0) is 11.2 Å². The molecule has 116 valence electrons. The first-order chi connectivity index (χ1) is 10.3. The third kappa shape index (κ3) is 3.17. The molecule has 2 nitrogen and oxygen atoms in total. The first kappa shape index (κ1) is 15.1. The lowest BCUT2D eigenvalue weighted by Gasteiger charge is -2.41. The second-order valence-corrected chi connectivity index (χ2v) is 6.70. The van der Waals surface area contributed by atoms with Crippen LogP contribution in [0.4, 0.5) is 0 Å². The highest BCUT2D eigenvalue weighted by Crippen LogP contribution is 2.35. The maximum atomic E-state index is 6.07. The Kier molecular flexibility index (Phi) is 4.66. The Morgan fingerprint density at radius 3 is 2.67 bits per heavy atom. The number of ether oxygens (including phenoxy) is 1. The summed E-state index contributed by atoms with van der Waals surface area (Å²) in [5.74, 6) is 0.752. The summed E-state index contributed by atoms with van der Waals surface area (Å²) < 4.78 is 6.07. The Morgan fingerprint density at radius 1 is 1.19 bits per heavy atom. The van der Waals surface area contributed by atoms with Gasteiger partial charge in [0.25, 0.3) is 0 Å². The Morgan fingerprint density at radius 2 is 1.95 bits per heavy atom. The van der Waals surface area contributed by atoms with E-state index in [1.165, 1.54) is 45.3 Å². The molecule has 0 radical (unpaired) electrons. The van der Waals surface area contributed by atoms with E-state index in [1.807, 2.05) is 0 Å². The van der Waals surface area contributed by atoms with Crippen molar-refractivity contribution in [2.24, 2.45) is 0 Å². The van der Waals surface area contributed by atoms with Gasteiger partial charge in [-0.25, -0.2) is 0 Å². The van der Waals surface area contributed by atoms with Crippen molar-refractivity contribution in [1.29, 1.82) is 0 Å². The highest BCUT2D eigenvalue weighted by Gasteiger charge is 2.34. The van der Waals surface area contributed by atoms with Crippen molar-refractivity contribution >= 4 is 0 Å². The van der Waals surface area contributed by atoms with Crippen molar-refractivity contribution in [3.8, 4) is 0 Å². The average Bonchev–Trinajstić information content (AvgIpc) is 2.93. The Bertz CT molecular complexity index is 462. The summed E-state index contributed by atoms with van der Waals surface area (Å²) in [5.41, 5.74) is 3.35. The molecule has 1 atom stereocenters. The van der Waals surface area contributed by atoms with E-state index in [-0.39, 0.29) is 5.60 Å². The molecule has 0 bridgehead atoms. The van der Waals surface area contributed by atoms with Crippen LogP contribution in [-0.4, -0.2) is 36.7 Å². The first-order valence-corrected chi connectivity index (χ1v) is 8.70. The van der Waals surface area contributed by atoms with Crippen LogP contribution in [0, 0.1) is 0 Å². The fourth-order valence-corrected chi connectivity index (χ4v) is 4.20. The summed E-state index contributed by atoms with van der Waals surface area (Å²) in [7, 11) is 0. The Balaban J connectivity index is 1.57. The largest absolute Gasteiger partial charge is 0.375 e. The van der Waals surface area contributed by atoms with Gasteiger partial charge in [0.15, 0.2) is 0 Å². The number of likely N-dealkylation sites (tertiary alicyclic amines) is 1. The van der Waals surface area contributed by atoms with E-state index in [9.17, 15) is 0 Å². The fraction of sp³-hybridized carbons (Fsp3) is 0.684. The van der Waals surface area contributed by atoms with Crippen molar-refractivity contribution < 1.29 is 4.74 Å². The smallest absolute Gasteiger partial charge is 0.0704 e. The number of hydrogen-bond acceptors (Lipinski definition) is 2. The number of fused-ring (bicyclic) bond motifs is 1. The van der Waals surface area contributed by atoms with Crippen LogP contribution in [0.25, 0.3) is 0 Å². The van der Waals surface area contributed by atoms with E-state index in [0.29, 0.717) is 0 Å². The van der Waals surface area contributed by atoms with Crippen molar-refractivity contribution in [1.82, 2.24) is 4.90 Å². The maximum absolute atomic E-state index is 6.07. The standard InChI is InChI=1S/C19H29NO/c1-3-19(21-4-2)11-13-20(14-12-19)15-17-10-9-16-7-5-6-8-18(16)17/h5-8,17H,3-4,9-15H2,1-2H3. The molecule has 1 unspecified atom stereocenters. The summed E-state index contributed by atoms with van der Waals surface area (Å²) in [5, 5.41) is 0. The maximum Gasteiger partial charge on any atom is 0.0704 e. The number of nitrogens with zero attached hydrogens (tertiary/aromatic N) is 1. The quantitative estimate of drug-likeness (QED) is 0.811. The highest BCUT2D eigenvalue weighted by atomic mass is 16.5. The van der Waals surface area contributed by atoms with E-state index in [2.05, 4.69) is 43.0 Å². The Hall–Kier alpha value is -0.860. The molecule has 2 aliphatic rings. The molecule has 1 heterocycles. The summed E-state index contributed by atoms with van der Waals surface area (Å²) in [6.45, 7) is 8.89. The number of benzene rings is 1. The highest BCUT2D eigenvalue weighted by molar-refractivity contribution is 5.35. The van der Waals surface area contributed by atoms with E-state index in [0.717, 1.165) is 18.9 Å². The molecule has 0 aromatic heterocycles. The average molecular weight is 287 g/mol. The number of aryl methyl sites for hydroxylation is 1. The minimum atomic E-state index is 0.166. The molecule has 1 aliphatic carbocycles. The minimum Gasteiger partial charge on any atom is -0.375 e. The van der Waals surface area contributed by atoms with E-state index in [4.69, 9.17) is 4.74 Å². The Labute approximate surface area is 129 Å². The van der Waals surface area contributed by atoms with Crippen LogP contribution in [0.2, 0.25) is 0 Å². The zero-order valence-corrected chi connectivity index (χ0v) is 13.6. The third-order valence-electron chi connectivity index (χ3n) is 5.60. The van der Waals surface area contributed by atoms with Crippen molar-refractivity contribution in [2.45, 2.75) is 57.5 Å². The molecule has 0 N–H and O–H groups in total. The van der Waals surface area contributed by atoms with Gasteiger partial charge in [0.1, 0.15) is 0 Å². The van der Waals surface area contributed by atoms with Gasteiger partial charge in [0, 0.05) is 26.2 Å². The molecule has 1 fully saturated rings. The molecule has 0 amide bonds. The fourth-order valence-electron chi connectivity index (χ4n) is 4.20. The number of rotatable bonds is 5. The molecule has 0 saturated carbocycles. The second-order valence-electron chi connectivity index (χ2n) is 6.70. The minimum absolute atomic E-state index is 0.166. The van der Waals surface area contributed by atoms with Gasteiger partial charge in [0.2, 0.25) is 0 Å². The van der Waals surface area contributed by atoms with Gasteiger partial charge in [0.05, 0.1) is 5.60 Å². The summed E-state index contributed by atoms with van der Waals surface area (Å²) in [6, 6.07) is 9.03. The molecule has 1 aromatic rings. The lowest BCUT2D eigenvalue weighted by Crippen LogP contribution is -2.46. The van der Waals surface area contributed by atoms with Crippen molar-refractivity contribution in [2.75, 3.05) is 26.2 Å². The molecule has 0 spiro atoms. The van der Waals surface area contributed by atoms with Crippen LogP contribution in [0.3, 0.4) is 0 Å². The van der Waals surface area contributed by atoms with E-state index >= 15 is 0 Å². The van der Waals surface area contributed by atoms with Crippen LogP contribution in [0.1, 0.15) is 56.6 Å². The summed E-state index contributed by atoms with van der Waals surface area (Å²) in [4.78, 5) is 2.67. The molecule has 1 saturated heterocycles. The van der Waals surface area contributed by atoms with Gasteiger partial charge in [-0.05, 0) is 56.1 Å². The molecular formula is C19H29NO. The number of piperidine rings is 1. The van der Waals surface area contributed by atoms with Crippen LogP contribution in [0.15, 0.2) is 24.3 Å². The van der Waals surface area contributed by atoms with Gasteiger partial charge in [-0.1, -0.05) is 31.2 Å². The van der Waals surface area contributed by atoms with Gasteiger partial charge in [-0.2, -0.15) is 0 Å². The molecule has 1 aromatic carbocycles. The lowest BCUT2D eigenvalue weighted by atomic mass is 9.88. The van der Waals surface area contributed by atoms with Gasteiger partial charge in [-0.15, -0.1) is 0 Å². The number of hydrogen-bond donors (Lipinski definition) is 0. The van der Waals surface area contributed by atoms with Gasteiger partial charge < -0.3 is 9.64 Å². The summed E-state index contributed by atoms with van der Waals surface area (Å²) in [6.07, 6.45) is 6.16. The van der Waals surface area contributed by atoms with Crippen LogP contribution < -0.4 is 0 Å². The topological polar surface area (TPSA) is 12.5 Å². The normalized spacial score (nSPS) is 25.0. The van der Waals surface area contributed by atoms with Crippen LogP contribution >= 0.6 is 0 Å². The van der Waals surface area contributed by atoms with Gasteiger partial charge >= 0.3 is 0 Å². The summed E-state index contributed by atoms with van der Waals surface area (Å²) >= 11 is 0. The van der Waals surface area contributed by atoms with Crippen molar-refractivity contribution in [3.63, 3.8) is 0 Å². The van der Waals surface area contributed by atoms with E-state index in [1.54, 1.807) is 11.1 Å². The molecule has 21 heavy (non-hydrogen) atoms. The van der Waals surface area contributed by atoms with Crippen LogP contribution in [0.5, 0.6) is 0 Å².